The van der Waals surface area contributed by atoms with E-state index < -0.39 is 0 Å². The van der Waals surface area contributed by atoms with Crippen molar-refractivity contribution >= 4 is 29.3 Å². The van der Waals surface area contributed by atoms with Gasteiger partial charge in [0, 0.05) is 4.90 Å². The molecule has 1 aromatic heterocycles. The van der Waals surface area contributed by atoms with Crippen LogP contribution in [0.3, 0.4) is 0 Å². The van der Waals surface area contributed by atoms with Crippen LogP contribution in [0.5, 0.6) is 0 Å². The largest absolute Gasteiger partial charge is 0.467 e. The number of carbonyl (C=O) groups excluding carboxylic acids is 2. The van der Waals surface area contributed by atoms with Crippen molar-refractivity contribution < 1.29 is 14.0 Å². The number of furan rings is 1. The third-order valence-corrected chi connectivity index (χ3v) is 4.15. The zero-order valence-corrected chi connectivity index (χ0v) is 12.0. The van der Waals surface area contributed by atoms with Crippen LogP contribution in [0.1, 0.15) is 11.3 Å². The normalized spacial score (nSPS) is 13.4. The minimum atomic E-state index is -0.0823. The number of hydrogen-bond acceptors (Lipinski definition) is 4. The molecule has 3 rings (SSSR count). The molecule has 21 heavy (non-hydrogen) atoms. The zero-order valence-electron chi connectivity index (χ0n) is 11.2. The van der Waals surface area contributed by atoms with Crippen molar-refractivity contribution in [2.24, 2.45) is 0 Å². The molecule has 1 aliphatic heterocycles. The van der Waals surface area contributed by atoms with E-state index in [0.29, 0.717) is 12.3 Å². The number of amides is 2. The number of rotatable bonds is 4. The molecule has 0 fully saturated rings. The minimum Gasteiger partial charge on any atom is -0.467 e. The van der Waals surface area contributed by atoms with Gasteiger partial charge < -0.3 is 15.1 Å². The van der Waals surface area contributed by atoms with E-state index in [1.165, 1.54) is 11.8 Å². The highest BCUT2D eigenvalue weighted by Crippen LogP contribution is 2.32. The van der Waals surface area contributed by atoms with Gasteiger partial charge in [-0.15, -0.1) is 11.8 Å². The van der Waals surface area contributed by atoms with E-state index in [9.17, 15) is 9.59 Å². The SMILES string of the molecule is O=C(Cc1ccc2c(c1)NC(=O)CS2)NCc1ccco1. The van der Waals surface area contributed by atoms with Crippen molar-refractivity contribution in [2.75, 3.05) is 11.1 Å². The van der Waals surface area contributed by atoms with E-state index in [2.05, 4.69) is 10.6 Å². The maximum Gasteiger partial charge on any atom is 0.234 e. The summed E-state index contributed by atoms with van der Waals surface area (Å²) < 4.78 is 5.16. The number of fused-ring (bicyclic) bond motifs is 1. The van der Waals surface area contributed by atoms with Gasteiger partial charge in [-0.3, -0.25) is 9.59 Å². The molecule has 2 N–H and O–H groups in total. The lowest BCUT2D eigenvalue weighted by Crippen LogP contribution is -2.24. The summed E-state index contributed by atoms with van der Waals surface area (Å²) in [6, 6.07) is 9.30. The highest BCUT2D eigenvalue weighted by Gasteiger charge is 2.16. The quantitative estimate of drug-likeness (QED) is 0.908. The van der Waals surface area contributed by atoms with Crippen LogP contribution in [-0.2, 0) is 22.6 Å². The third kappa shape index (κ3) is 3.46. The van der Waals surface area contributed by atoms with E-state index in [1.807, 2.05) is 24.3 Å². The second kappa shape index (κ2) is 6.05. The topological polar surface area (TPSA) is 71.3 Å². The first kappa shape index (κ1) is 13.8. The molecular formula is C15H14N2O3S. The predicted octanol–water partition coefficient (Wildman–Crippen LogP) is 2.18. The Morgan fingerprint density at radius 3 is 3.10 bits per heavy atom. The molecule has 2 heterocycles. The molecule has 0 aliphatic carbocycles. The summed E-state index contributed by atoms with van der Waals surface area (Å²) in [4.78, 5) is 24.3. The van der Waals surface area contributed by atoms with Crippen molar-refractivity contribution in [1.82, 2.24) is 5.32 Å². The van der Waals surface area contributed by atoms with Gasteiger partial charge in [0.1, 0.15) is 5.76 Å². The Morgan fingerprint density at radius 2 is 2.29 bits per heavy atom. The Hall–Kier alpha value is -2.21. The number of thioether (sulfide) groups is 1. The second-order valence-electron chi connectivity index (χ2n) is 4.70. The number of nitrogens with one attached hydrogen (secondary N) is 2. The van der Waals surface area contributed by atoms with Crippen LogP contribution in [0.15, 0.2) is 45.9 Å². The van der Waals surface area contributed by atoms with Crippen LogP contribution in [0, 0.1) is 0 Å². The molecule has 0 atom stereocenters. The molecular weight excluding hydrogens is 288 g/mol. The molecule has 108 valence electrons. The molecule has 5 nitrogen and oxygen atoms in total. The van der Waals surface area contributed by atoms with Gasteiger partial charge in [-0.2, -0.15) is 0 Å². The molecule has 1 aliphatic rings. The summed E-state index contributed by atoms with van der Waals surface area (Å²) >= 11 is 1.51. The maximum absolute atomic E-state index is 11.9. The van der Waals surface area contributed by atoms with Gasteiger partial charge in [0.05, 0.1) is 30.7 Å². The first-order chi connectivity index (χ1) is 10.2. The number of anilines is 1. The first-order valence-corrected chi connectivity index (χ1v) is 7.54. The first-order valence-electron chi connectivity index (χ1n) is 6.55. The van der Waals surface area contributed by atoms with Gasteiger partial charge >= 0.3 is 0 Å². The van der Waals surface area contributed by atoms with Gasteiger partial charge in [-0.25, -0.2) is 0 Å². The Bertz CT molecular complexity index is 668. The van der Waals surface area contributed by atoms with Crippen molar-refractivity contribution in [3.05, 3.63) is 47.9 Å². The molecule has 6 heteroatoms. The van der Waals surface area contributed by atoms with E-state index in [4.69, 9.17) is 4.42 Å². The summed E-state index contributed by atoms with van der Waals surface area (Å²) in [5, 5.41) is 5.62. The number of carbonyl (C=O) groups is 2. The highest BCUT2D eigenvalue weighted by atomic mass is 32.2. The van der Waals surface area contributed by atoms with Gasteiger partial charge in [-0.05, 0) is 29.8 Å². The Morgan fingerprint density at radius 1 is 1.38 bits per heavy atom. The molecule has 0 saturated carbocycles. The zero-order chi connectivity index (χ0) is 14.7. The minimum absolute atomic E-state index is 0.00748. The lowest BCUT2D eigenvalue weighted by atomic mass is 10.1. The monoisotopic (exact) mass is 302 g/mol. The van der Waals surface area contributed by atoms with Crippen molar-refractivity contribution in [3.8, 4) is 0 Å². The van der Waals surface area contributed by atoms with Gasteiger partial charge in [-0.1, -0.05) is 6.07 Å². The molecule has 2 amide bonds. The average molecular weight is 302 g/mol. The highest BCUT2D eigenvalue weighted by molar-refractivity contribution is 8.00. The van der Waals surface area contributed by atoms with Crippen LogP contribution in [0.4, 0.5) is 5.69 Å². The standard InChI is InChI=1S/C15H14N2O3S/c18-14(16-8-11-2-1-5-20-11)7-10-3-4-13-12(6-10)17-15(19)9-21-13/h1-6H,7-9H2,(H,16,18)(H,17,19). The summed E-state index contributed by atoms with van der Waals surface area (Å²) in [5.41, 5.74) is 1.65. The summed E-state index contributed by atoms with van der Waals surface area (Å²) in [6.07, 6.45) is 1.85. The van der Waals surface area contributed by atoms with Crippen LogP contribution in [0.25, 0.3) is 0 Å². The van der Waals surface area contributed by atoms with Crippen LogP contribution in [0.2, 0.25) is 0 Å². The predicted molar refractivity (Wildman–Crippen MR) is 80.1 cm³/mol. The van der Waals surface area contributed by atoms with E-state index in [1.54, 1.807) is 12.3 Å². The average Bonchev–Trinajstić information content (AvgIpc) is 2.98. The van der Waals surface area contributed by atoms with Crippen molar-refractivity contribution in [2.45, 2.75) is 17.9 Å². The molecule has 0 bridgehead atoms. The molecule has 1 aromatic carbocycles. The number of hydrogen-bond donors (Lipinski definition) is 2. The third-order valence-electron chi connectivity index (χ3n) is 3.08. The lowest BCUT2D eigenvalue weighted by Gasteiger charge is -2.17. The molecule has 2 aromatic rings. The van der Waals surface area contributed by atoms with Crippen LogP contribution < -0.4 is 10.6 Å². The Labute approximate surface area is 126 Å². The molecule has 0 unspecified atom stereocenters. The van der Waals surface area contributed by atoms with E-state index in [0.717, 1.165) is 21.9 Å². The summed E-state index contributed by atoms with van der Waals surface area (Å²) in [5.74, 6) is 1.07. The van der Waals surface area contributed by atoms with Crippen molar-refractivity contribution in [1.29, 1.82) is 0 Å². The van der Waals surface area contributed by atoms with Gasteiger partial charge in [0.25, 0.3) is 0 Å². The lowest BCUT2D eigenvalue weighted by molar-refractivity contribution is -0.120. The van der Waals surface area contributed by atoms with Crippen LogP contribution in [-0.4, -0.2) is 17.6 Å². The smallest absolute Gasteiger partial charge is 0.234 e. The summed E-state index contributed by atoms with van der Waals surface area (Å²) in [6.45, 7) is 0.378. The Kier molecular flexibility index (Phi) is 3.96. The fourth-order valence-electron chi connectivity index (χ4n) is 2.09. The van der Waals surface area contributed by atoms with Crippen LogP contribution >= 0.6 is 11.8 Å². The Balaban J connectivity index is 1.61. The summed E-state index contributed by atoms with van der Waals surface area (Å²) in [7, 11) is 0. The maximum atomic E-state index is 11.9. The fraction of sp³-hybridized carbons (Fsp3) is 0.200. The second-order valence-corrected chi connectivity index (χ2v) is 5.72. The van der Waals surface area contributed by atoms with Crippen molar-refractivity contribution in [3.63, 3.8) is 0 Å². The van der Waals surface area contributed by atoms with E-state index in [-0.39, 0.29) is 18.2 Å². The number of benzene rings is 1. The molecule has 0 radical (unpaired) electrons. The molecule has 0 saturated heterocycles. The fourth-order valence-corrected chi connectivity index (χ4v) is 2.88. The van der Waals surface area contributed by atoms with Gasteiger partial charge in [0.15, 0.2) is 0 Å². The molecule has 0 spiro atoms. The van der Waals surface area contributed by atoms with Gasteiger partial charge in [0.2, 0.25) is 11.8 Å². The van der Waals surface area contributed by atoms with E-state index >= 15 is 0 Å².